The minimum absolute atomic E-state index is 0.0387. The van der Waals surface area contributed by atoms with Crippen LogP contribution in [0.5, 0.6) is 0 Å². The summed E-state index contributed by atoms with van der Waals surface area (Å²) in [6.45, 7) is 2.06. The Hall–Kier alpha value is -1.54. The standard InChI is InChI=1S/C19H21IN2O2S/c1-2-3-4-18(23)21-16-9-11-17(12-10-16)25-13-19(24)22-15-7-5-14(20)6-8-15/h5-12H,2-4,13H2,1H3,(H,21,23)(H,22,24). The van der Waals surface area contributed by atoms with E-state index in [1.165, 1.54) is 11.8 Å². The summed E-state index contributed by atoms with van der Waals surface area (Å²) in [5, 5.41) is 5.75. The summed E-state index contributed by atoms with van der Waals surface area (Å²) >= 11 is 3.69. The average Bonchev–Trinajstić information content (AvgIpc) is 2.61. The lowest BCUT2D eigenvalue weighted by atomic mass is 10.2. The molecule has 0 spiro atoms. The molecule has 2 amide bonds. The van der Waals surface area contributed by atoms with Gasteiger partial charge in [0.05, 0.1) is 5.75 Å². The van der Waals surface area contributed by atoms with Gasteiger partial charge in [0, 0.05) is 26.3 Å². The van der Waals surface area contributed by atoms with Gasteiger partial charge in [0.25, 0.3) is 0 Å². The third-order valence-electron chi connectivity index (χ3n) is 3.39. The minimum Gasteiger partial charge on any atom is -0.326 e. The molecule has 6 heteroatoms. The van der Waals surface area contributed by atoms with Crippen LogP contribution in [0, 0.1) is 3.57 Å². The van der Waals surface area contributed by atoms with Crippen LogP contribution in [-0.4, -0.2) is 17.6 Å². The number of nitrogens with one attached hydrogen (secondary N) is 2. The van der Waals surface area contributed by atoms with Crippen LogP contribution in [0.2, 0.25) is 0 Å². The number of carbonyl (C=O) groups is 2. The number of rotatable bonds is 8. The summed E-state index contributed by atoms with van der Waals surface area (Å²) in [5.41, 5.74) is 1.59. The largest absolute Gasteiger partial charge is 0.326 e. The Labute approximate surface area is 166 Å². The first-order chi connectivity index (χ1) is 12.1. The van der Waals surface area contributed by atoms with Crippen molar-refractivity contribution < 1.29 is 9.59 Å². The van der Waals surface area contributed by atoms with Crippen molar-refractivity contribution in [2.45, 2.75) is 31.1 Å². The quantitative estimate of drug-likeness (QED) is 0.416. The number of carbonyl (C=O) groups excluding carboxylic acids is 2. The molecule has 0 aliphatic heterocycles. The van der Waals surface area contributed by atoms with Crippen molar-refractivity contribution in [3.63, 3.8) is 0 Å². The van der Waals surface area contributed by atoms with Gasteiger partial charge in [-0.2, -0.15) is 0 Å². The first kappa shape index (κ1) is 19.8. The first-order valence-corrected chi connectivity index (χ1v) is 10.2. The van der Waals surface area contributed by atoms with Crippen molar-refractivity contribution >= 4 is 57.5 Å². The molecular formula is C19H21IN2O2S. The van der Waals surface area contributed by atoms with Gasteiger partial charge in [0.15, 0.2) is 0 Å². The van der Waals surface area contributed by atoms with Crippen molar-refractivity contribution in [3.05, 3.63) is 52.1 Å². The third-order valence-corrected chi connectivity index (χ3v) is 5.12. The Kier molecular flexibility index (Phi) is 8.27. The van der Waals surface area contributed by atoms with E-state index in [0.717, 1.165) is 32.7 Å². The summed E-state index contributed by atoms with van der Waals surface area (Å²) in [7, 11) is 0. The molecule has 25 heavy (non-hydrogen) atoms. The molecule has 0 heterocycles. The fourth-order valence-electron chi connectivity index (χ4n) is 2.07. The van der Waals surface area contributed by atoms with Gasteiger partial charge in [0.2, 0.25) is 11.8 Å². The SMILES string of the molecule is CCCCC(=O)Nc1ccc(SCC(=O)Nc2ccc(I)cc2)cc1. The topological polar surface area (TPSA) is 58.2 Å². The molecular weight excluding hydrogens is 447 g/mol. The third kappa shape index (κ3) is 7.48. The van der Waals surface area contributed by atoms with Gasteiger partial charge < -0.3 is 10.6 Å². The predicted molar refractivity (Wildman–Crippen MR) is 113 cm³/mol. The van der Waals surface area contributed by atoms with Crippen molar-refractivity contribution in [2.75, 3.05) is 16.4 Å². The molecule has 0 radical (unpaired) electrons. The van der Waals surface area contributed by atoms with E-state index in [9.17, 15) is 9.59 Å². The minimum atomic E-state index is -0.0387. The van der Waals surface area contributed by atoms with E-state index in [0.29, 0.717) is 12.2 Å². The summed E-state index contributed by atoms with van der Waals surface area (Å²) < 4.78 is 1.13. The highest BCUT2D eigenvalue weighted by Crippen LogP contribution is 2.21. The van der Waals surface area contributed by atoms with E-state index in [1.54, 1.807) is 0 Å². The summed E-state index contributed by atoms with van der Waals surface area (Å²) in [6, 6.07) is 15.2. The number of hydrogen-bond donors (Lipinski definition) is 2. The van der Waals surface area contributed by atoms with Crippen molar-refractivity contribution in [1.82, 2.24) is 0 Å². The van der Waals surface area contributed by atoms with Crippen LogP contribution in [0.4, 0.5) is 11.4 Å². The van der Waals surface area contributed by atoms with Crippen LogP contribution in [0.25, 0.3) is 0 Å². The number of thioether (sulfide) groups is 1. The van der Waals surface area contributed by atoms with Crippen LogP contribution in [0.15, 0.2) is 53.4 Å². The molecule has 0 aliphatic carbocycles. The second-order valence-electron chi connectivity index (χ2n) is 5.52. The van der Waals surface area contributed by atoms with Crippen molar-refractivity contribution in [3.8, 4) is 0 Å². The number of hydrogen-bond acceptors (Lipinski definition) is 3. The molecule has 0 saturated carbocycles. The molecule has 0 saturated heterocycles. The lowest BCUT2D eigenvalue weighted by Crippen LogP contribution is -2.13. The number of amides is 2. The summed E-state index contributed by atoms with van der Waals surface area (Å²) in [6.07, 6.45) is 2.45. The van der Waals surface area contributed by atoms with E-state index in [-0.39, 0.29) is 11.8 Å². The molecule has 2 N–H and O–H groups in total. The Bertz CT molecular complexity index is 702. The van der Waals surface area contributed by atoms with Gasteiger partial charge in [-0.1, -0.05) is 13.3 Å². The van der Waals surface area contributed by atoms with E-state index in [2.05, 4.69) is 40.1 Å². The maximum Gasteiger partial charge on any atom is 0.234 e. The Morgan fingerprint density at radius 3 is 2.08 bits per heavy atom. The zero-order valence-electron chi connectivity index (χ0n) is 14.0. The second kappa shape index (κ2) is 10.5. The molecule has 2 rings (SSSR count). The highest BCUT2D eigenvalue weighted by molar-refractivity contribution is 14.1. The normalized spacial score (nSPS) is 10.3. The zero-order chi connectivity index (χ0) is 18.1. The Balaban J connectivity index is 1.77. The molecule has 0 bridgehead atoms. The zero-order valence-corrected chi connectivity index (χ0v) is 17.0. The number of benzene rings is 2. The van der Waals surface area contributed by atoms with E-state index < -0.39 is 0 Å². The monoisotopic (exact) mass is 468 g/mol. The first-order valence-electron chi connectivity index (χ1n) is 8.15. The van der Waals surface area contributed by atoms with Gasteiger partial charge >= 0.3 is 0 Å². The molecule has 0 aliphatic rings. The van der Waals surface area contributed by atoms with Gasteiger partial charge in [-0.25, -0.2) is 0 Å². The molecule has 2 aromatic rings. The fourth-order valence-corrected chi connectivity index (χ4v) is 3.13. The van der Waals surface area contributed by atoms with Crippen molar-refractivity contribution in [1.29, 1.82) is 0 Å². The number of anilines is 2. The van der Waals surface area contributed by atoms with E-state index in [4.69, 9.17) is 0 Å². The second-order valence-corrected chi connectivity index (χ2v) is 7.81. The maximum atomic E-state index is 12.0. The molecule has 0 aromatic heterocycles. The average molecular weight is 468 g/mol. The van der Waals surface area contributed by atoms with Crippen LogP contribution >= 0.6 is 34.4 Å². The summed E-state index contributed by atoms with van der Waals surface area (Å²) in [4.78, 5) is 24.7. The van der Waals surface area contributed by atoms with Crippen molar-refractivity contribution in [2.24, 2.45) is 0 Å². The van der Waals surface area contributed by atoms with Gasteiger partial charge in [-0.15, -0.1) is 11.8 Å². The molecule has 0 unspecified atom stereocenters. The Morgan fingerprint density at radius 2 is 1.48 bits per heavy atom. The van der Waals surface area contributed by atoms with Crippen LogP contribution in [0.3, 0.4) is 0 Å². The molecule has 0 atom stereocenters. The van der Waals surface area contributed by atoms with Gasteiger partial charge in [-0.05, 0) is 77.5 Å². The number of unbranched alkanes of at least 4 members (excludes halogenated alkanes) is 1. The van der Waals surface area contributed by atoms with Crippen LogP contribution in [0.1, 0.15) is 26.2 Å². The fraction of sp³-hybridized carbons (Fsp3) is 0.263. The lowest BCUT2D eigenvalue weighted by Gasteiger charge is -2.07. The van der Waals surface area contributed by atoms with E-state index >= 15 is 0 Å². The number of halogens is 1. The van der Waals surface area contributed by atoms with Gasteiger partial charge in [-0.3, -0.25) is 9.59 Å². The highest BCUT2D eigenvalue weighted by Gasteiger charge is 2.05. The van der Waals surface area contributed by atoms with Crippen LogP contribution in [-0.2, 0) is 9.59 Å². The maximum absolute atomic E-state index is 12.0. The van der Waals surface area contributed by atoms with Crippen LogP contribution < -0.4 is 10.6 Å². The molecule has 4 nitrogen and oxygen atoms in total. The smallest absolute Gasteiger partial charge is 0.234 e. The molecule has 132 valence electrons. The highest BCUT2D eigenvalue weighted by atomic mass is 127. The van der Waals surface area contributed by atoms with E-state index in [1.807, 2.05) is 48.5 Å². The predicted octanol–water partition coefficient (Wildman–Crippen LogP) is 5.15. The summed E-state index contributed by atoms with van der Waals surface area (Å²) in [5.74, 6) is 0.344. The molecule has 2 aromatic carbocycles. The molecule has 0 fully saturated rings. The lowest BCUT2D eigenvalue weighted by molar-refractivity contribution is -0.116. The Morgan fingerprint density at radius 1 is 0.920 bits per heavy atom. The van der Waals surface area contributed by atoms with Gasteiger partial charge in [0.1, 0.15) is 0 Å².